The number of esters is 1. The van der Waals surface area contributed by atoms with Crippen LogP contribution in [0.15, 0.2) is 12.2 Å². The third-order valence-corrected chi connectivity index (χ3v) is 1.48. The summed E-state index contributed by atoms with van der Waals surface area (Å²) in [5.41, 5.74) is 0. The summed E-state index contributed by atoms with van der Waals surface area (Å²) in [6, 6.07) is 0. The largest absolute Gasteiger partial charge is 0.461 e. The molecule has 64 valence electrons. The molecule has 0 saturated carbocycles. The van der Waals surface area contributed by atoms with Gasteiger partial charge in [-0.25, -0.2) is 0 Å². The predicted octanol–water partition coefficient (Wildman–Crippen LogP) is 2.12. The van der Waals surface area contributed by atoms with Crippen molar-refractivity contribution in [3.8, 4) is 0 Å². The Morgan fingerprint density at radius 1 is 1.73 bits per heavy atom. The van der Waals surface area contributed by atoms with Gasteiger partial charge in [0.15, 0.2) is 0 Å². The minimum atomic E-state index is -0.278. The van der Waals surface area contributed by atoms with Crippen molar-refractivity contribution in [2.75, 3.05) is 5.88 Å². The molecule has 0 aromatic rings. The summed E-state index contributed by atoms with van der Waals surface area (Å²) < 4.78 is 4.88. The first-order valence-electron chi connectivity index (χ1n) is 3.55. The summed E-state index contributed by atoms with van der Waals surface area (Å²) in [5.74, 6) is 0.0735. The van der Waals surface area contributed by atoms with Crippen molar-refractivity contribution >= 4 is 17.6 Å². The van der Waals surface area contributed by atoms with Gasteiger partial charge in [0, 0.05) is 13.3 Å². The topological polar surface area (TPSA) is 26.3 Å². The van der Waals surface area contributed by atoms with Crippen molar-refractivity contribution in [1.82, 2.24) is 0 Å². The molecule has 2 nitrogen and oxygen atoms in total. The van der Waals surface area contributed by atoms with Crippen molar-refractivity contribution in [3.05, 3.63) is 12.2 Å². The Morgan fingerprint density at radius 2 is 2.36 bits per heavy atom. The lowest BCUT2D eigenvalue weighted by molar-refractivity contribution is -0.145. The molecule has 1 atom stereocenters. The van der Waals surface area contributed by atoms with Crippen LogP contribution in [-0.4, -0.2) is 18.0 Å². The molecule has 0 rings (SSSR count). The lowest BCUT2D eigenvalue weighted by Crippen LogP contribution is -2.16. The van der Waals surface area contributed by atoms with Crippen LogP contribution >= 0.6 is 11.6 Å². The third kappa shape index (κ3) is 5.92. The first-order chi connectivity index (χ1) is 5.20. The molecule has 3 heteroatoms. The van der Waals surface area contributed by atoms with E-state index in [1.54, 1.807) is 0 Å². The van der Waals surface area contributed by atoms with Gasteiger partial charge >= 0.3 is 5.97 Å². The average Bonchev–Trinajstić information content (AvgIpc) is 1.97. The smallest absolute Gasteiger partial charge is 0.302 e. The van der Waals surface area contributed by atoms with Crippen molar-refractivity contribution in [2.45, 2.75) is 26.4 Å². The van der Waals surface area contributed by atoms with Crippen LogP contribution < -0.4 is 0 Å². The highest BCUT2D eigenvalue weighted by Crippen LogP contribution is 2.02. The number of hydrogen-bond donors (Lipinski definition) is 0. The molecule has 0 N–H and O–H groups in total. The number of alkyl halides is 1. The van der Waals surface area contributed by atoms with E-state index in [-0.39, 0.29) is 12.1 Å². The molecular weight excluding hydrogens is 164 g/mol. The molecule has 0 aromatic heterocycles. The second kappa shape index (κ2) is 6.23. The van der Waals surface area contributed by atoms with E-state index >= 15 is 0 Å². The first-order valence-corrected chi connectivity index (χ1v) is 4.08. The SMILES string of the molecule is CC=CCC(CCl)OC(C)=O. The van der Waals surface area contributed by atoms with Crippen molar-refractivity contribution < 1.29 is 9.53 Å². The van der Waals surface area contributed by atoms with Crippen LogP contribution in [0.3, 0.4) is 0 Å². The molecular formula is C8H13ClO2. The zero-order chi connectivity index (χ0) is 8.69. The molecule has 0 heterocycles. The Balaban J connectivity index is 3.66. The standard InChI is InChI=1S/C8H13ClO2/c1-3-4-5-8(6-9)11-7(2)10/h3-4,8H,5-6H2,1-2H3. The Kier molecular flexibility index (Phi) is 5.94. The van der Waals surface area contributed by atoms with Crippen LogP contribution in [0.5, 0.6) is 0 Å². The zero-order valence-corrected chi connectivity index (χ0v) is 7.60. The molecule has 11 heavy (non-hydrogen) atoms. The lowest BCUT2D eigenvalue weighted by atomic mass is 10.2. The molecule has 0 aromatic carbocycles. The highest BCUT2D eigenvalue weighted by molar-refractivity contribution is 6.18. The van der Waals surface area contributed by atoms with Gasteiger partial charge in [0.25, 0.3) is 0 Å². The van der Waals surface area contributed by atoms with E-state index in [9.17, 15) is 4.79 Å². The molecule has 0 amide bonds. The molecule has 0 aliphatic heterocycles. The minimum Gasteiger partial charge on any atom is -0.461 e. The lowest BCUT2D eigenvalue weighted by Gasteiger charge is -2.10. The van der Waals surface area contributed by atoms with E-state index in [1.165, 1.54) is 6.92 Å². The highest BCUT2D eigenvalue weighted by atomic mass is 35.5. The van der Waals surface area contributed by atoms with E-state index in [2.05, 4.69) is 0 Å². The normalized spacial score (nSPS) is 13.4. The van der Waals surface area contributed by atoms with E-state index in [1.807, 2.05) is 19.1 Å². The number of rotatable bonds is 4. The fraction of sp³-hybridized carbons (Fsp3) is 0.625. The highest BCUT2D eigenvalue weighted by Gasteiger charge is 2.07. The van der Waals surface area contributed by atoms with E-state index in [4.69, 9.17) is 16.3 Å². The van der Waals surface area contributed by atoms with Crippen LogP contribution in [0.25, 0.3) is 0 Å². The van der Waals surface area contributed by atoms with Crippen molar-refractivity contribution in [1.29, 1.82) is 0 Å². The third-order valence-electron chi connectivity index (χ3n) is 1.14. The summed E-state index contributed by atoms with van der Waals surface area (Å²) in [6.07, 6.45) is 4.35. The van der Waals surface area contributed by atoms with Crippen molar-refractivity contribution in [2.24, 2.45) is 0 Å². The van der Waals surface area contributed by atoms with Crippen LogP contribution in [-0.2, 0) is 9.53 Å². The number of halogens is 1. The molecule has 1 unspecified atom stereocenters. The quantitative estimate of drug-likeness (QED) is 0.373. The maximum atomic E-state index is 10.5. The summed E-state index contributed by atoms with van der Waals surface area (Å²) >= 11 is 5.54. The number of carbonyl (C=O) groups excluding carboxylic acids is 1. The molecule has 0 saturated heterocycles. The van der Waals surface area contributed by atoms with Crippen LogP contribution in [0.2, 0.25) is 0 Å². The first kappa shape index (κ1) is 10.5. The molecule has 0 fully saturated rings. The van der Waals surface area contributed by atoms with Gasteiger partial charge in [0.2, 0.25) is 0 Å². The maximum absolute atomic E-state index is 10.5. The maximum Gasteiger partial charge on any atom is 0.302 e. The monoisotopic (exact) mass is 176 g/mol. The van der Waals surface area contributed by atoms with Gasteiger partial charge in [-0.15, -0.1) is 11.6 Å². The summed E-state index contributed by atoms with van der Waals surface area (Å²) in [4.78, 5) is 10.5. The van der Waals surface area contributed by atoms with Crippen molar-refractivity contribution in [3.63, 3.8) is 0 Å². The Hall–Kier alpha value is -0.500. The van der Waals surface area contributed by atoms with E-state index < -0.39 is 0 Å². The van der Waals surface area contributed by atoms with Gasteiger partial charge in [0.05, 0.1) is 5.88 Å². The Morgan fingerprint density at radius 3 is 2.73 bits per heavy atom. The Labute approximate surface area is 72.2 Å². The summed E-state index contributed by atoms with van der Waals surface area (Å²) in [5, 5.41) is 0. The van der Waals surface area contributed by atoms with Crippen LogP contribution in [0, 0.1) is 0 Å². The Bertz CT molecular complexity index is 143. The summed E-state index contributed by atoms with van der Waals surface area (Å²) in [7, 11) is 0. The van der Waals surface area contributed by atoms with Gasteiger partial charge in [-0.3, -0.25) is 4.79 Å². The van der Waals surface area contributed by atoms with Gasteiger partial charge < -0.3 is 4.74 Å². The average molecular weight is 177 g/mol. The summed E-state index contributed by atoms with van der Waals surface area (Å²) in [6.45, 7) is 3.30. The van der Waals surface area contributed by atoms with Crippen LogP contribution in [0.1, 0.15) is 20.3 Å². The van der Waals surface area contributed by atoms with E-state index in [0.29, 0.717) is 12.3 Å². The van der Waals surface area contributed by atoms with Gasteiger partial charge in [-0.2, -0.15) is 0 Å². The van der Waals surface area contributed by atoms with Crippen LogP contribution in [0.4, 0.5) is 0 Å². The van der Waals surface area contributed by atoms with E-state index in [0.717, 1.165) is 0 Å². The fourth-order valence-electron chi connectivity index (χ4n) is 0.665. The van der Waals surface area contributed by atoms with Gasteiger partial charge in [0.1, 0.15) is 6.10 Å². The number of carbonyl (C=O) groups is 1. The predicted molar refractivity (Wildman–Crippen MR) is 45.7 cm³/mol. The molecule has 0 aliphatic carbocycles. The molecule has 0 radical (unpaired) electrons. The number of hydrogen-bond acceptors (Lipinski definition) is 2. The number of ether oxygens (including phenoxy) is 1. The molecule has 0 aliphatic rings. The minimum absolute atomic E-state index is 0.176. The second-order valence-corrected chi connectivity index (χ2v) is 2.50. The van der Waals surface area contributed by atoms with Gasteiger partial charge in [-0.05, 0) is 6.92 Å². The second-order valence-electron chi connectivity index (χ2n) is 2.19. The molecule has 0 bridgehead atoms. The van der Waals surface area contributed by atoms with Gasteiger partial charge in [-0.1, -0.05) is 12.2 Å². The fourth-order valence-corrected chi connectivity index (χ4v) is 0.854. The molecule has 0 spiro atoms. The number of allylic oxidation sites excluding steroid dienone is 1. The zero-order valence-electron chi connectivity index (χ0n) is 6.84.